The number of carboxylic acid groups (broad SMARTS) is 1. The topological polar surface area (TPSA) is 94.9 Å². The minimum Gasteiger partial charge on any atom is -0.508 e. The van der Waals surface area contributed by atoms with Crippen LogP contribution in [0.4, 0.5) is 10.5 Å². The number of aromatic hydroxyl groups is 1. The van der Waals surface area contributed by atoms with Crippen molar-refractivity contribution in [1.29, 1.82) is 0 Å². The van der Waals surface area contributed by atoms with Gasteiger partial charge in [-0.05, 0) is 53.7 Å². The maximum Gasteiger partial charge on any atom is 0.336 e. The van der Waals surface area contributed by atoms with Gasteiger partial charge in [0.15, 0.2) is 0 Å². The molecule has 7 heteroatoms. The van der Waals surface area contributed by atoms with Gasteiger partial charge in [0.25, 0.3) is 11.1 Å². The van der Waals surface area contributed by atoms with Crippen molar-refractivity contribution >= 4 is 40.6 Å². The van der Waals surface area contributed by atoms with E-state index in [-0.39, 0.29) is 16.2 Å². The summed E-state index contributed by atoms with van der Waals surface area (Å²) in [7, 11) is 0. The monoisotopic (exact) mass is 341 g/mol. The highest BCUT2D eigenvalue weighted by molar-refractivity contribution is 8.19. The van der Waals surface area contributed by atoms with Crippen LogP contribution in [0.3, 0.4) is 0 Å². The lowest BCUT2D eigenvalue weighted by Crippen LogP contribution is -2.27. The second-order valence-electron chi connectivity index (χ2n) is 4.93. The van der Waals surface area contributed by atoms with Crippen molar-refractivity contribution in [2.24, 2.45) is 0 Å². The van der Waals surface area contributed by atoms with E-state index >= 15 is 0 Å². The van der Waals surface area contributed by atoms with Gasteiger partial charge in [-0.2, -0.15) is 0 Å². The number of thioether (sulfide) groups is 1. The second-order valence-corrected chi connectivity index (χ2v) is 5.92. The van der Waals surface area contributed by atoms with Crippen LogP contribution in [-0.2, 0) is 4.79 Å². The first kappa shape index (κ1) is 15.8. The van der Waals surface area contributed by atoms with Gasteiger partial charge in [-0.1, -0.05) is 18.2 Å². The third-order valence-corrected chi connectivity index (χ3v) is 4.25. The summed E-state index contributed by atoms with van der Waals surface area (Å²) >= 11 is 0.739. The van der Waals surface area contributed by atoms with Crippen LogP contribution in [0.15, 0.2) is 53.4 Å². The molecule has 1 heterocycles. The van der Waals surface area contributed by atoms with Crippen molar-refractivity contribution in [1.82, 2.24) is 0 Å². The van der Waals surface area contributed by atoms with Gasteiger partial charge in [0.2, 0.25) is 0 Å². The van der Waals surface area contributed by atoms with Gasteiger partial charge in [-0.3, -0.25) is 9.59 Å². The minimum atomic E-state index is -1.11. The van der Waals surface area contributed by atoms with E-state index in [0.717, 1.165) is 16.7 Å². The first-order chi connectivity index (χ1) is 11.5. The Morgan fingerprint density at radius 3 is 2.38 bits per heavy atom. The number of hydrogen-bond donors (Lipinski definition) is 2. The molecule has 2 amide bonds. The molecule has 0 bridgehead atoms. The van der Waals surface area contributed by atoms with Crippen LogP contribution in [0.1, 0.15) is 15.9 Å². The van der Waals surface area contributed by atoms with Gasteiger partial charge in [-0.15, -0.1) is 0 Å². The molecule has 0 saturated carbocycles. The number of carboxylic acids is 1. The zero-order chi connectivity index (χ0) is 17.3. The molecule has 1 aliphatic rings. The van der Waals surface area contributed by atoms with Gasteiger partial charge in [0, 0.05) is 0 Å². The molecule has 0 aromatic heterocycles. The standard InChI is InChI=1S/C17H11NO5S/c19-12-7-5-11(6-8-12)18-15(20)14(24-17(18)23)9-10-3-1-2-4-13(10)16(21)22/h1-9,19H,(H,21,22)/b14-9+. The van der Waals surface area contributed by atoms with Crippen molar-refractivity contribution in [3.05, 3.63) is 64.6 Å². The highest BCUT2D eigenvalue weighted by Gasteiger charge is 2.36. The van der Waals surface area contributed by atoms with E-state index in [1.807, 2.05) is 0 Å². The summed E-state index contributed by atoms with van der Waals surface area (Å²) in [4.78, 5) is 37.0. The van der Waals surface area contributed by atoms with Crippen LogP contribution in [0.2, 0.25) is 0 Å². The van der Waals surface area contributed by atoms with E-state index in [1.165, 1.54) is 36.4 Å². The Kier molecular flexibility index (Phi) is 4.09. The van der Waals surface area contributed by atoms with E-state index in [4.69, 9.17) is 0 Å². The fourth-order valence-electron chi connectivity index (χ4n) is 2.25. The SMILES string of the molecule is O=C(O)c1ccccc1/C=C1/SC(=O)N(c2ccc(O)cc2)C1=O. The lowest BCUT2D eigenvalue weighted by Gasteiger charge is -2.12. The van der Waals surface area contributed by atoms with Crippen LogP contribution in [0.25, 0.3) is 6.08 Å². The van der Waals surface area contributed by atoms with Gasteiger partial charge in [-0.25, -0.2) is 9.69 Å². The fraction of sp³-hybridized carbons (Fsp3) is 0. The molecule has 2 N–H and O–H groups in total. The number of benzene rings is 2. The first-order valence-corrected chi connectivity index (χ1v) is 7.68. The molecule has 1 saturated heterocycles. The van der Waals surface area contributed by atoms with Crippen molar-refractivity contribution in [3.8, 4) is 5.75 Å². The van der Waals surface area contributed by atoms with Crippen LogP contribution in [0.5, 0.6) is 5.75 Å². The van der Waals surface area contributed by atoms with E-state index in [0.29, 0.717) is 11.3 Å². The highest BCUT2D eigenvalue weighted by Crippen LogP contribution is 2.36. The molecule has 2 aromatic carbocycles. The molecule has 1 fully saturated rings. The van der Waals surface area contributed by atoms with Crippen LogP contribution in [0, 0.1) is 0 Å². The van der Waals surface area contributed by atoms with E-state index < -0.39 is 17.1 Å². The largest absolute Gasteiger partial charge is 0.508 e. The lowest BCUT2D eigenvalue weighted by molar-refractivity contribution is -0.113. The van der Waals surface area contributed by atoms with Crippen molar-refractivity contribution in [2.75, 3.05) is 4.90 Å². The average molecular weight is 341 g/mol. The molecule has 1 aliphatic heterocycles. The van der Waals surface area contributed by atoms with Crippen LogP contribution in [-0.4, -0.2) is 27.3 Å². The van der Waals surface area contributed by atoms with Gasteiger partial charge in [0.05, 0.1) is 16.2 Å². The molecule has 0 aliphatic carbocycles. The summed E-state index contributed by atoms with van der Waals surface area (Å²) in [5.74, 6) is -1.62. The van der Waals surface area contributed by atoms with E-state index in [1.54, 1.807) is 18.2 Å². The Labute approximate surface area is 141 Å². The molecule has 3 rings (SSSR count). The molecule has 6 nitrogen and oxygen atoms in total. The Hall–Kier alpha value is -3.06. The number of phenols is 1. The summed E-state index contributed by atoms with van der Waals surface area (Å²) in [6, 6.07) is 11.9. The maximum atomic E-state index is 12.5. The Morgan fingerprint density at radius 1 is 1.04 bits per heavy atom. The third kappa shape index (κ3) is 2.89. The number of phenolic OH excluding ortho intramolecular Hbond substituents is 1. The number of aromatic carboxylic acids is 1. The number of carbonyl (C=O) groups excluding carboxylic acids is 2. The highest BCUT2D eigenvalue weighted by atomic mass is 32.2. The van der Waals surface area contributed by atoms with Gasteiger partial charge in [0.1, 0.15) is 5.75 Å². The molecule has 0 atom stereocenters. The summed E-state index contributed by atoms with van der Waals surface area (Å²) in [6.45, 7) is 0. The second kappa shape index (κ2) is 6.21. The molecule has 0 unspecified atom stereocenters. The van der Waals surface area contributed by atoms with Gasteiger partial charge < -0.3 is 10.2 Å². The molecule has 2 aromatic rings. The number of nitrogens with zero attached hydrogens (tertiary/aromatic N) is 1. The Morgan fingerprint density at radius 2 is 1.71 bits per heavy atom. The number of anilines is 1. The quantitative estimate of drug-likeness (QED) is 0.832. The van der Waals surface area contributed by atoms with Gasteiger partial charge >= 0.3 is 5.97 Å². The summed E-state index contributed by atoms with van der Waals surface area (Å²) in [6.07, 6.45) is 1.40. The number of amides is 2. The van der Waals surface area contributed by atoms with E-state index in [9.17, 15) is 24.6 Å². The predicted molar refractivity (Wildman–Crippen MR) is 90.0 cm³/mol. The number of imide groups is 1. The zero-order valence-electron chi connectivity index (χ0n) is 12.2. The summed E-state index contributed by atoms with van der Waals surface area (Å²) in [5.41, 5.74) is 0.736. The zero-order valence-corrected chi connectivity index (χ0v) is 13.0. The van der Waals surface area contributed by atoms with Crippen LogP contribution >= 0.6 is 11.8 Å². The fourth-order valence-corrected chi connectivity index (χ4v) is 3.08. The predicted octanol–water partition coefficient (Wildman–Crippen LogP) is 3.33. The molecule has 0 radical (unpaired) electrons. The Bertz CT molecular complexity index is 873. The first-order valence-electron chi connectivity index (χ1n) is 6.86. The smallest absolute Gasteiger partial charge is 0.336 e. The number of rotatable bonds is 3. The number of hydrogen-bond acceptors (Lipinski definition) is 5. The molecule has 24 heavy (non-hydrogen) atoms. The molecule has 0 spiro atoms. The number of carbonyl (C=O) groups is 3. The summed E-state index contributed by atoms with van der Waals surface area (Å²) in [5, 5.41) is 18.0. The molecule has 120 valence electrons. The minimum absolute atomic E-state index is 0.0247. The molecular weight excluding hydrogens is 330 g/mol. The maximum absolute atomic E-state index is 12.5. The van der Waals surface area contributed by atoms with Crippen molar-refractivity contribution < 1.29 is 24.6 Å². The lowest BCUT2D eigenvalue weighted by atomic mass is 10.1. The summed E-state index contributed by atoms with van der Waals surface area (Å²) < 4.78 is 0. The van der Waals surface area contributed by atoms with Crippen LogP contribution < -0.4 is 4.90 Å². The van der Waals surface area contributed by atoms with Crippen molar-refractivity contribution in [2.45, 2.75) is 0 Å². The normalized spacial score (nSPS) is 16.0. The van der Waals surface area contributed by atoms with E-state index in [2.05, 4.69) is 0 Å². The molecular formula is C17H11NO5S. The van der Waals surface area contributed by atoms with Crippen molar-refractivity contribution in [3.63, 3.8) is 0 Å². The Balaban J connectivity index is 1.97. The average Bonchev–Trinajstić information content (AvgIpc) is 2.83. The third-order valence-electron chi connectivity index (χ3n) is 3.38.